The molecule has 9 heteroatoms. The van der Waals surface area contributed by atoms with Crippen LogP contribution in [0.3, 0.4) is 0 Å². The summed E-state index contributed by atoms with van der Waals surface area (Å²) in [5.74, 6) is -1.34. The predicted octanol–water partition coefficient (Wildman–Crippen LogP) is 4.62. The van der Waals surface area contributed by atoms with Crippen molar-refractivity contribution in [1.82, 2.24) is 0 Å². The van der Waals surface area contributed by atoms with Gasteiger partial charge in [0.05, 0.1) is 21.6 Å². The van der Waals surface area contributed by atoms with Crippen LogP contribution in [-0.2, 0) is 16.3 Å². The molecule has 30 heavy (non-hydrogen) atoms. The molecular formula is C21H17ClF3NO3S. The van der Waals surface area contributed by atoms with Gasteiger partial charge in [-0.05, 0) is 53.3 Å². The topological polar surface area (TPSA) is 78.2 Å². The first-order chi connectivity index (χ1) is 14.0. The summed E-state index contributed by atoms with van der Waals surface area (Å²) in [6, 6.07) is 5.35. The fourth-order valence-electron chi connectivity index (χ4n) is 4.73. The number of fused-ring (bicyclic) bond motifs is 2. The minimum atomic E-state index is -3.87. The van der Waals surface area contributed by atoms with E-state index in [4.69, 9.17) is 11.6 Å². The number of aliphatic hydroxyl groups is 1. The molecular weight excluding hydrogens is 439 g/mol. The van der Waals surface area contributed by atoms with Crippen LogP contribution >= 0.6 is 11.6 Å². The number of alkyl halides is 2. The highest BCUT2D eigenvalue weighted by molar-refractivity contribution is 7.90. The Hall–Kier alpha value is -2.08. The fourth-order valence-corrected chi connectivity index (χ4v) is 6.43. The highest BCUT2D eigenvalue weighted by atomic mass is 35.5. The molecule has 0 saturated heterocycles. The van der Waals surface area contributed by atoms with E-state index < -0.39 is 40.0 Å². The van der Waals surface area contributed by atoms with Gasteiger partial charge in [-0.15, -0.1) is 0 Å². The van der Waals surface area contributed by atoms with Gasteiger partial charge in [0.15, 0.2) is 9.84 Å². The Balaban J connectivity index is 2.03. The van der Waals surface area contributed by atoms with Crippen LogP contribution < -0.4 is 0 Å². The summed E-state index contributed by atoms with van der Waals surface area (Å²) in [5, 5.41) is 19.7. The Morgan fingerprint density at radius 1 is 1.17 bits per heavy atom. The van der Waals surface area contributed by atoms with Gasteiger partial charge in [-0.1, -0.05) is 11.6 Å². The maximum absolute atomic E-state index is 14.6. The molecule has 0 amide bonds. The molecule has 0 bridgehead atoms. The van der Waals surface area contributed by atoms with Crippen molar-refractivity contribution in [3.05, 3.63) is 62.4 Å². The van der Waals surface area contributed by atoms with E-state index in [1.165, 1.54) is 6.07 Å². The molecule has 0 radical (unpaired) electrons. The number of hydrogen-bond acceptors (Lipinski definition) is 4. The minimum absolute atomic E-state index is 0.0373. The lowest BCUT2D eigenvalue weighted by atomic mass is 9.74. The summed E-state index contributed by atoms with van der Waals surface area (Å²) >= 11 is 6.27. The Morgan fingerprint density at radius 3 is 2.50 bits per heavy atom. The van der Waals surface area contributed by atoms with Gasteiger partial charge in [0.25, 0.3) is 0 Å². The van der Waals surface area contributed by atoms with Crippen LogP contribution in [0.25, 0.3) is 0 Å². The molecule has 4 nitrogen and oxygen atoms in total. The number of nitrogens with zero attached hydrogens (tertiary/aromatic N) is 1. The molecule has 158 valence electrons. The average molecular weight is 456 g/mol. The van der Waals surface area contributed by atoms with Crippen molar-refractivity contribution in [2.45, 2.75) is 48.5 Å². The molecule has 2 aromatic rings. The number of sulfone groups is 1. The van der Waals surface area contributed by atoms with E-state index >= 15 is 0 Å². The summed E-state index contributed by atoms with van der Waals surface area (Å²) in [6.45, 7) is 0. The number of aliphatic hydroxyl groups excluding tert-OH is 1. The molecule has 1 N–H and O–H groups in total. The number of nitriles is 1. The average Bonchev–Trinajstić information content (AvgIpc) is 2.95. The van der Waals surface area contributed by atoms with Gasteiger partial charge in [-0.2, -0.15) is 5.26 Å². The maximum atomic E-state index is 14.6. The molecule has 2 aromatic carbocycles. The Morgan fingerprint density at radius 2 is 1.87 bits per heavy atom. The van der Waals surface area contributed by atoms with Crippen LogP contribution in [0.2, 0.25) is 5.02 Å². The molecule has 2 aliphatic rings. The first kappa shape index (κ1) is 21.2. The third-order valence-corrected chi connectivity index (χ3v) is 7.48. The van der Waals surface area contributed by atoms with Gasteiger partial charge in [-0.3, -0.25) is 0 Å². The number of halogens is 4. The van der Waals surface area contributed by atoms with Crippen LogP contribution in [0.15, 0.2) is 23.1 Å². The summed E-state index contributed by atoms with van der Waals surface area (Å²) in [6.07, 6.45) is -3.87. The van der Waals surface area contributed by atoms with Crippen molar-refractivity contribution in [3.63, 3.8) is 0 Å². The molecule has 1 unspecified atom stereocenters. The second-order valence-electron chi connectivity index (χ2n) is 7.77. The van der Waals surface area contributed by atoms with Crippen molar-refractivity contribution >= 4 is 21.4 Å². The SMILES string of the molecule is CS(=O)(=O)c1c(Cl)cc(C2CC[C@H](F)c3cc(F)cc(C#N)c32)c2c1[C@H](O)[C@H](F)C2. The van der Waals surface area contributed by atoms with E-state index in [9.17, 15) is 32.0 Å². The molecule has 0 spiro atoms. The van der Waals surface area contributed by atoms with Crippen molar-refractivity contribution in [2.24, 2.45) is 0 Å². The van der Waals surface area contributed by atoms with Crippen LogP contribution in [0, 0.1) is 17.1 Å². The Bertz CT molecular complexity index is 1210. The van der Waals surface area contributed by atoms with Gasteiger partial charge < -0.3 is 5.11 Å². The standard InChI is InChI=1S/C21H17ClF3NO3S/c1-30(28,29)21-15(22)6-12(13-7-17(25)20(27)19(13)21)11-2-3-16(24)14-5-10(23)4-9(8-26)18(11)14/h4-6,11,16-17,20,27H,2-3,7H2,1H3/t11?,16-,17+,20+/m0/s1. The number of rotatable bonds is 2. The lowest BCUT2D eigenvalue weighted by molar-refractivity contribution is 0.0907. The summed E-state index contributed by atoms with van der Waals surface area (Å²) in [4.78, 5) is -0.324. The van der Waals surface area contributed by atoms with Crippen LogP contribution in [0.1, 0.15) is 64.4 Å². The monoisotopic (exact) mass is 455 g/mol. The van der Waals surface area contributed by atoms with Crippen LogP contribution in [0.4, 0.5) is 13.2 Å². The first-order valence-electron chi connectivity index (χ1n) is 9.29. The second-order valence-corrected chi connectivity index (χ2v) is 10.1. The Kier molecular flexibility index (Phi) is 5.12. The van der Waals surface area contributed by atoms with Crippen molar-refractivity contribution in [3.8, 4) is 6.07 Å². The smallest absolute Gasteiger partial charge is 0.177 e. The normalized spacial score (nSPS) is 25.5. The van der Waals surface area contributed by atoms with Crippen molar-refractivity contribution in [2.75, 3.05) is 6.26 Å². The zero-order chi connectivity index (χ0) is 22.0. The van der Waals surface area contributed by atoms with E-state index in [1.54, 1.807) is 0 Å². The Labute approximate surface area is 176 Å². The van der Waals surface area contributed by atoms with Gasteiger partial charge >= 0.3 is 0 Å². The molecule has 0 aliphatic heterocycles. The highest BCUT2D eigenvalue weighted by Crippen LogP contribution is 2.50. The molecule has 4 rings (SSSR count). The molecule has 0 heterocycles. The van der Waals surface area contributed by atoms with Gasteiger partial charge in [0.2, 0.25) is 0 Å². The predicted molar refractivity (Wildman–Crippen MR) is 104 cm³/mol. The lowest BCUT2D eigenvalue weighted by Gasteiger charge is -2.31. The van der Waals surface area contributed by atoms with E-state index in [1.807, 2.05) is 6.07 Å². The van der Waals surface area contributed by atoms with Crippen LogP contribution in [-0.4, -0.2) is 26.0 Å². The van der Waals surface area contributed by atoms with Gasteiger partial charge in [-0.25, -0.2) is 21.6 Å². The van der Waals surface area contributed by atoms with E-state index in [-0.39, 0.29) is 45.9 Å². The van der Waals surface area contributed by atoms with Crippen molar-refractivity contribution < 1.29 is 26.7 Å². The zero-order valence-electron chi connectivity index (χ0n) is 15.8. The quantitative estimate of drug-likeness (QED) is 0.716. The lowest BCUT2D eigenvalue weighted by Crippen LogP contribution is -2.18. The highest BCUT2D eigenvalue weighted by Gasteiger charge is 2.41. The largest absolute Gasteiger partial charge is 0.385 e. The van der Waals surface area contributed by atoms with Gasteiger partial charge in [0.1, 0.15) is 24.3 Å². The summed E-state index contributed by atoms with van der Waals surface area (Å²) in [7, 11) is -3.87. The third-order valence-electron chi connectivity index (χ3n) is 5.89. The minimum Gasteiger partial charge on any atom is -0.385 e. The van der Waals surface area contributed by atoms with E-state index in [0.29, 0.717) is 16.7 Å². The molecule has 4 atom stereocenters. The second kappa shape index (κ2) is 7.26. The molecule has 0 saturated carbocycles. The fraction of sp³-hybridized carbons (Fsp3) is 0.381. The first-order valence-corrected chi connectivity index (χ1v) is 11.6. The van der Waals surface area contributed by atoms with E-state index in [0.717, 1.165) is 18.4 Å². The van der Waals surface area contributed by atoms with E-state index in [2.05, 4.69) is 0 Å². The van der Waals surface area contributed by atoms with Gasteiger partial charge in [0, 0.05) is 24.2 Å². The zero-order valence-corrected chi connectivity index (χ0v) is 17.4. The van der Waals surface area contributed by atoms with Crippen LogP contribution in [0.5, 0.6) is 0 Å². The molecule has 2 aliphatic carbocycles. The maximum Gasteiger partial charge on any atom is 0.177 e. The number of hydrogen-bond donors (Lipinski definition) is 1. The third kappa shape index (κ3) is 3.20. The summed E-state index contributed by atoms with van der Waals surface area (Å²) in [5.41, 5.74) is 0.941. The molecule has 0 fully saturated rings. The van der Waals surface area contributed by atoms with Crippen molar-refractivity contribution in [1.29, 1.82) is 5.26 Å². The molecule has 0 aromatic heterocycles. The number of benzene rings is 2. The summed E-state index contributed by atoms with van der Waals surface area (Å²) < 4.78 is 67.5.